The van der Waals surface area contributed by atoms with E-state index in [0.29, 0.717) is 8.95 Å². The van der Waals surface area contributed by atoms with Gasteiger partial charge in [-0.3, -0.25) is 14.9 Å². The van der Waals surface area contributed by atoms with Crippen molar-refractivity contribution in [2.24, 2.45) is 11.1 Å². The van der Waals surface area contributed by atoms with E-state index >= 15 is 0 Å². The third-order valence-corrected chi connectivity index (χ3v) is 5.15. The smallest absolute Gasteiger partial charge is 0.295 e. The SMILES string of the molecule is NS(=O)(=O)CC1CC(=O)N(c2c(Br)cc(Br)cc2[N+](=O)[O-])C1. The Morgan fingerprint density at radius 1 is 1.41 bits per heavy atom. The van der Waals surface area contributed by atoms with Crippen LogP contribution in [0.1, 0.15) is 6.42 Å². The summed E-state index contributed by atoms with van der Waals surface area (Å²) in [5.41, 5.74) is -0.124. The summed E-state index contributed by atoms with van der Waals surface area (Å²) in [5.74, 6) is -1.20. The van der Waals surface area contributed by atoms with Gasteiger partial charge in [0.2, 0.25) is 15.9 Å². The number of hydrogen-bond donors (Lipinski definition) is 1. The number of nitrogens with two attached hydrogens (primary N) is 1. The van der Waals surface area contributed by atoms with Crippen LogP contribution in [0.3, 0.4) is 0 Å². The fraction of sp³-hybridized carbons (Fsp3) is 0.364. The second-order valence-electron chi connectivity index (χ2n) is 4.92. The van der Waals surface area contributed by atoms with Gasteiger partial charge in [-0.25, -0.2) is 13.6 Å². The monoisotopic (exact) mass is 455 g/mol. The molecule has 0 bridgehead atoms. The Balaban J connectivity index is 2.40. The Morgan fingerprint density at radius 2 is 2.05 bits per heavy atom. The molecule has 1 heterocycles. The summed E-state index contributed by atoms with van der Waals surface area (Å²) in [5, 5.41) is 16.2. The standard InChI is InChI=1S/C11H11Br2N3O5S/c12-7-2-8(13)11(9(3-7)16(18)19)15-4-6(1-10(15)17)5-22(14,20)21/h2-3,6H,1,4-5H2,(H2,14,20,21). The van der Waals surface area contributed by atoms with Crippen molar-refractivity contribution in [2.75, 3.05) is 17.2 Å². The summed E-state index contributed by atoms with van der Waals surface area (Å²) >= 11 is 6.37. The van der Waals surface area contributed by atoms with Crippen LogP contribution in [0.5, 0.6) is 0 Å². The van der Waals surface area contributed by atoms with Gasteiger partial charge in [-0.15, -0.1) is 0 Å². The number of nitrogens with zero attached hydrogens (tertiary/aromatic N) is 2. The fourth-order valence-corrected chi connectivity index (χ4v) is 4.69. The quantitative estimate of drug-likeness (QED) is 0.546. The van der Waals surface area contributed by atoms with Crippen LogP contribution in [-0.2, 0) is 14.8 Å². The molecule has 1 aromatic rings. The summed E-state index contributed by atoms with van der Waals surface area (Å²) in [4.78, 5) is 24.0. The van der Waals surface area contributed by atoms with E-state index in [-0.39, 0.29) is 36.0 Å². The van der Waals surface area contributed by atoms with Gasteiger partial charge in [0.05, 0.1) is 10.7 Å². The number of halogens is 2. The molecule has 22 heavy (non-hydrogen) atoms. The van der Waals surface area contributed by atoms with Crippen LogP contribution in [0.2, 0.25) is 0 Å². The van der Waals surface area contributed by atoms with Gasteiger partial charge in [0, 0.05) is 33.9 Å². The average molecular weight is 457 g/mol. The van der Waals surface area contributed by atoms with Gasteiger partial charge < -0.3 is 4.90 Å². The van der Waals surface area contributed by atoms with Crippen molar-refractivity contribution in [2.45, 2.75) is 6.42 Å². The van der Waals surface area contributed by atoms with Gasteiger partial charge in [-0.05, 0) is 22.0 Å². The lowest BCUT2D eigenvalue weighted by atomic mass is 10.1. The second-order valence-corrected chi connectivity index (χ2v) is 8.35. The van der Waals surface area contributed by atoms with E-state index in [0.717, 1.165) is 0 Å². The van der Waals surface area contributed by atoms with Crippen molar-refractivity contribution >= 4 is 59.2 Å². The molecule has 1 aliphatic rings. The number of sulfonamides is 1. The van der Waals surface area contributed by atoms with Crippen molar-refractivity contribution in [3.05, 3.63) is 31.2 Å². The van der Waals surface area contributed by atoms with Crippen molar-refractivity contribution in [3.63, 3.8) is 0 Å². The summed E-state index contributed by atoms with van der Waals surface area (Å²) in [6, 6.07) is 2.88. The van der Waals surface area contributed by atoms with Crippen molar-refractivity contribution < 1.29 is 18.1 Å². The first-order valence-electron chi connectivity index (χ1n) is 6.02. The summed E-state index contributed by atoms with van der Waals surface area (Å²) < 4.78 is 23.2. The molecule has 1 saturated heterocycles. The minimum absolute atomic E-state index is 0.0178. The first-order chi connectivity index (χ1) is 10.1. The lowest BCUT2D eigenvalue weighted by Gasteiger charge is -2.18. The summed E-state index contributed by atoms with van der Waals surface area (Å²) in [6.45, 7) is 0.0658. The Kier molecular flexibility index (Phi) is 4.90. The van der Waals surface area contributed by atoms with Crippen LogP contribution < -0.4 is 10.0 Å². The number of rotatable bonds is 4. The maximum atomic E-state index is 12.1. The zero-order valence-corrected chi connectivity index (χ0v) is 15.0. The molecule has 2 rings (SSSR count). The highest BCUT2D eigenvalue weighted by Crippen LogP contribution is 2.41. The molecule has 2 N–H and O–H groups in total. The first kappa shape index (κ1) is 17.3. The Bertz CT molecular complexity index is 752. The van der Waals surface area contributed by atoms with Crippen LogP contribution in [0.25, 0.3) is 0 Å². The highest BCUT2D eigenvalue weighted by Gasteiger charge is 2.37. The Hall–Kier alpha value is -1.04. The van der Waals surface area contributed by atoms with Gasteiger partial charge in [-0.1, -0.05) is 15.9 Å². The van der Waals surface area contributed by atoms with Crippen LogP contribution in [-0.4, -0.2) is 31.5 Å². The van der Waals surface area contributed by atoms with E-state index in [1.165, 1.54) is 11.0 Å². The van der Waals surface area contributed by atoms with E-state index < -0.39 is 20.9 Å². The summed E-state index contributed by atoms with van der Waals surface area (Å²) in [7, 11) is -3.71. The number of amides is 1. The topological polar surface area (TPSA) is 124 Å². The molecule has 0 aliphatic carbocycles. The third-order valence-electron chi connectivity index (χ3n) is 3.15. The van der Waals surface area contributed by atoms with Crippen LogP contribution in [0.4, 0.5) is 11.4 Å². The molecular formula is C11H11Br2N3O5S. The number of hydrogen-bond acceptors (Lipinski definition) is 5. The minimum Gasteiger partial charge on any atom is -0.305 e. The van der Waals surface area contributed by atoms with Gasteiger partial charge in [0.25, 0.3) is 5.69 Å². The van der Waals surface area contributed by atoms with Crippen LogP contribution in [0, 0.1) is 16.0 Å². The van der Waals surface area contributed by atoms with E-state index in [1.807, 2.05) is 0 Å². The molecule has 0 radical (unpaired) electrons. The predicted octanol–water partition coefficient (Wildman–Crippen LogP) is 1.76. The zero-order chi connectivity index (χ0) is 16.7. The minimum atomic E-state index is -3.71. The summed E-state index contributed by atoms with van der Waals surface area (Å²) in [6.07, 6.45) is -0.0178. The molecule has 0 aromatic heterocycles. The lowest BCUT2D eigenvalue weighted by molar-refractivity contribution is -0.384. The van der Waals surface area contributed by atoms with E-state index in [1.54, 1.807) is 6.07 Å². The highest BCUT2D eigenvalue weighted by molar-refractivity contribution is 9.11. The molecule has 11 heteroatoms. The maximum Gasteiger partial charge on any atom is 0.295 e. The number of benzene rings is 1. The maximum absolute atomic E-state index is 12.1. The Labute approximate surface area is 143 Å². The number of nitro groups is 1. The molecule has 8 nitrogen and oxygen atoms in total. The van der Waals surface area contributed by atoms with Crippen LogP contribution in [0.15, 0.2) is 21.1 Å². The van der Waals surface area contributed by atoms with E-state index in [4.69, 9.17) is 5.14 Å². The van der Waals surface area contributed by atoms with Crippen LogP contribution >= 0.6 is 31.9 Å². The fourth-order valence-electron chi connectivity index (χ4n) is 2.40. The molecule has 1 amide bonds. The Morgan fingerprint density at radius 3 is 2.59 bits per heavy atom. The second kappa shape index (κ2) is 6.22. The molecule has 0 saturated carbocycles. The zero-order valence-electron chi connectivity index (χ0n) is 11.0. The average Bonchev–Trinajstić information content (AvgIpc) is 2.66. The van der Waals surface area contributed by atoms with Gasteiger partial charge in [-0.2, -0.15) is 0 Å². The number of anilines is 1. The van der Waals surface area contributed by atoms with Crippen molar-refractivity contribution in [3.8, 4) is 0 Å². The molecule has 0 spiro atoms. The number of carbonyl (C=O) groups is 1. The molecule has 1 unspecified atom stereocenters. The molecule has 120 valence electrons. The normalized spacial score (nSPS) is 18.8. The van der Waals surface area contributed by atoms with Gasteiger partial charge >= 0.3 is 0 Å². The molecule has 1 atom stereocenters. The van der Waals surface area contributed by atoms with Crippen molar-refractivity contribution in [1.82, 2.24) is 0 Å². The molecule has 1 aliphatic heterocycles. The predicted molar refractivity (Wildman–Crippen MR) is 86.9 cm³/mol. The largest absolute Gasteiger partial charge is 0.305 e. The van der Waals surface area contributed by atoms with Gasteiger partial charge in [0.15, 0.2) is 0 Å². The molecular weight excluding hydrogens is 446 g/mol. The highest BCUT2D eigenvalue weighted by atomic mass is 79.9. The first-order valence-corrected chi connectivity index (χ1v) is 9.33. The third kappa shape index (κ3) is 3.83. The number of primary sulfonamides is 1. The van der Waals surface area contributed by atoms with E-state index in [9.17, 15) is 23.3 Å². The number of carbonyl (C=O) groups excluding carboxylic acids is 1. The van der Waals surface area contributed by atoms with Crippen molar-refractivity contribution in [1.29, 1.82) is 0 Å². The number of nitro benzene ring substituents is 1. The van der Waals surface area contributed by atoms with E-state index in [2.05, 4.69) is 31.9 Å². The van der Waals surface area contributed by atoms with Gasteiger partial charge in [0.1, 0.15) is 5.69 Å². The molecule has 1 aromatic carbocycles. The molecule has 1 fully saturated rings. The lowest BCUT2D eigenvalue weighted by Crippen LogP contribution is -2.28.